The van der Waals surface area contributed by atoms with Crippen LogP contribution >= 0.6 is 46.4 Å². The standard InChI is InChI=1S/C6H3Cl2NO2.C6H5Cl2NO/c7-4-3(6(10)11)1-2-9-5(4)8;7-5-4(3-10)1-2-9-6(5)8/h1-2H,(H,10,11);1-2,10H,3H2. The fourth-order valence-electron chi connectivity index (χ4n) is 1.16. The van der Waals surface area contributed by atoms with Crippen molar-refractivity contribution in [1.82, 2.24) is 9.97 Å². The summed E-state index contributed by atoms with van der Waals surface area (Å²) in [4.78, 5) is 17.7. The molecule has 0 aromatic carbocycles. The molecule has 0 bridgehead atoms. The van der Waals surface area contributed by atoms with Gasteiger partial charge in [0.15, 0.2) is 0 Å². The summed E-state index contributed by atoms with van der Waals surface area (Å²) in [5.41, 5.74) is 0.563. The lowest BCUT2D eigenvalue weighted by atomic mass is 10.3. The van der Waals surface area contributed by atoms with Crippen LogP contribution in [-0.4, -0.2) is 26.2 Å². The normalized spacial score (nSPS) is 9.76. The van der Waals surface area contributed by atoms with Gasteiger partial charge in [-0.3, -0.25) is 0 Å². The summed E-state index contributed by atoms with van der Waals surface area (Å²) in [5.74, 6) is -1.11. The van der Waals surface area contributed by atoms with E-state index in [1.54, 1.807) is 6.07 Å². The molecule has 0 radical (unpaired) electrons. The van der Waals surface area contributed by atoms with E-state index in [1.807, 2.05) is 0 Å². The van der Waals surface area contributed by atoms with Gasteiger partial charge in [0.1, 0.15) is 10.3 Å². The van der Waals surface area contributed by atoms with Crippen LogP contribution in [0.4, 0.5) is 0 Å². The van der Waals surface area contributed by atoms with Crippen molar-refractivity contribution in [3.8, 4) is 0 Å². The molecular formula is C12H8Cl4N2O3. The Morgan fingerprint density at radius 3 is 1.95 bits per heavy atom. The third-order valence-corrected chi connectivity index (χ3v) is 3.75. The third kappa shape index (κ3) is 4.98. The molecule has 0 saturated carbocycles. The largest absolute Gasteiger partial charge is 0.478 e. The van der Waals surface area contributed by atoms with Gasteiger partial charge in [-0.05, 0) is 12.1 Å². The Morgan fingerprint density at radius 2 is 1.52 bits per heavy atom. The van der Waals surface area contributed by atoms with Gasteiger partial charge in [0.05, 0.1) is 22.2 Å². The van der Waals surface area contributed by atoms with Crippen molar-refractivity contribution in [3.63, 3.8) is 0 Å². The summed E-state index contributed by atoms with van der Waals surface area (Å²) in [6.07, 6.45) is 2.79. The molecule has 9 heteroatoms. The highest BCUT2D eigenvalue weighted by Crippen LogP contribution is 2.23. The zero-order valence-electron chi connectivity index (χ0n) is 10.2. The van der Waals surface area contributed by atoms with Crippen LogP contribution in [0.2, 0.25) is 20.4 Å². The molecule has 2 heterocycles. The van der Waals surface area contributed by atoms with Gasteiger partial charge in [-0.2, -0.15) is 0 Å². The minimum atomic E-state index is -1.11. The molecule has 0 amide bonds. The first-order chi connectivity index (χ1) is 9.88. The Morgan fingerprint density at radius 1 is 1.00 bits per heavy atom. The van der Waals surface area contributed by atoms with Gasteiger partial charge >= 0.3 is 5.97 Å². The summed E-state index contributed by atoms with van der Waals surface area (Å²) in [5, 5.41) is 17.7. The summed E-state index contributed by atoms with van der Waals surface area (Å²) in [6.45, 7) is -0.110. The topological polar surface area (TPSA) is 83.3 Å². The van der Waals surface area contributed by atoms with Crippen LogP contribution in [0, 0.1) is 0 Å². The van der Waals surface area contributed by atoms with E-state index in [2.05, 4.69) is 9.97 Å². The number of pyridine rings is 2. The number of aliphatic hydroxyl groups excluding tert-OH is 1. The number of aromatic nitrogens is 2. The minimum absolute atomic E-state index is 0.00608. The molecule has 0 spiro atoms. The number of aliphatic hydroxyl groups is 1. The second kappa shape index (κ2) is 8.36. The second-order valence-electron chi connectivity index (χ2n) is 3.50. The van der Waals surface area contributed by atoms with Crippen LogP contribution in [0.25, 0.3) is 0 Å². The third-order valence-electron chi connectivity index (χ3n) is 2.17. The highest BCUT2D eigenvalue weighted by Gasteiger charge is 2.10. The minimum Gasteiger partial charge on any atom is -0.478 e. The van der Waals surface area contributed by atoms with E-state index < -0.39 is 5.97 Å². The van der Waals surface area contributed by atoms with E-state index in [4.69, 9.17) is 56.6 Å². The number of nitrogens with zero attached hydrogens (tertiary/aromatic N) is 2. The molecule has 0 aliphatic heterocycles. The maximum Gasteiger partial charge on any atom is 0.337 e. The lowest BCUT2D eigenvalue weighted by Crippen LogP contribution is -1.97. The van der Waals surface area contributed by atoms with Crippen molar-refractivity contribution in [3.05, 3.63) is 56.0 Å². The Labute approximate surface area is 140 Å². The lowest BCUT2D eigenvalue weighted by molar-refractivity contribution is 0.0697. The first-order valence-corrected chi connectivity index (χ1v) is 6.82. The van der Waals surface area contributed by atoms with Crippen LogP contribution in [0.15, 0.2) is 24.5 Å². The van der Waals surface area contributed by atoms with Crippen LogP contribution in [0.3, 0.4) is 0 Å². The summed E-state index contributed by atoms with van der Waals surface area (Å²) in [6, 6.07) is 2.91. The highest BCUT2D eigenvalue weighted by molar-refractivity contribution is 6.43. The van der Waals surface area contributed by atoms with E-state index >= 15 is 0 Å². The predicted molar refractivity (Wildman–Crippen MR) is 81.4 cm³/mol. The van der Waals surface area contributed by atoms with Crippen LogP contribution in [0.5, 0.6) is 0 Å². The molecule has 2 aromatic rings. The Hall–Kier alpha value is -1.11. The zero-order chi connectivity index (χ0) is 16.0. The number of hydrogen-bond donors (Lipinski definition) is 2. The Kier molecular flexibility index (Phi) is 7.14. The molecule has 0 unspecified atom stereocenters. The van der Waals surface area contributed by atoms with Gasteiger partial charge in [0, 0.05) is 18.0 Å². The molecule has 0 fully saturated rings. The maximum absolute atomic E-state index is 10.4. The molecule has 0 atom stereocenters. The van der Waals surface area contributed by atoms with E-state index in [-0.39, 0.29) is 27.5 Å². The molecule has 2 rings (SSSR count). The quantitative estimate of drug-likeness (QED) is 0.782. The van der Waals surface area contributed by atoms with E-state index in [0.29, 0.717) is 10.6 Å². The predicted octanol–water partition coefficient (Wildman–Crippen LogP) is 3.97. The zero-order valence-corrected chi connectivity index (χ0v) is 13.2. The van der Waals surface area contributed by atoms with Gasteiger partial charge < -0.3 is 10.2 Å². The van der Waals surface area contributed by atoms with Gasteiger partial charge in [0.25, 0.3) is 0 Å². The fourth-order valence-corrected chi connectivity index (χ4v) is 1.86. The number of hydrogen-bond acceptors (Lipinski definition) is 4. The summed E-state index contributed by atoms with van der Waals surface area (Å²) >= 11 is 22.1. The fraction of sp³-hybridized carbons (Fsp3) is 0.0833. The smallest absolute Gasteiger partial charge is 0.337 e. The van der Waals surface area contributed by atoms with Crippen molar-refractivity contribution in [2.24, 2.45) is 0 Å². The number of rotatable bonds is 2. The first-order valence-electron chi connectivity index (χ1n) is 5.31. The van der Waals surface area contributed by atoms with Crippen LogP contribution in [0.1, 0.15) is 15.9 Å². The molecule has 2 aromatic heterocycles. The van der Waals surface area contributed by atoms with Crippen molar-refractivity contribution in [2.75, 3.05) is 0 Å². The maximum atomic E-state index is 10.4. The Balaban J connectivity index is 0.000000211. The number of halogens is 4. The van der Waals surface area contributed by atoms with E-state index in [9.17, 15) is 4.79 Å². The van der Waals surface area contributed by atoms with Gasteiger partial charge in [-0.1, -0.05) is 46.4 Å². The SMILES string of the molecule is O=C(O)c1ccnc(Cl)c1Cl.OCc1ccnc(Cl)c1Cl. The van der Waals surface area contributed by atoms with Gasteiger partial charge in [0.2, 0.25) is 0 Å². The van der Waals surface area contributed by atoms with Crippen LogP contribution in [-0.2, 0) is 6.61 Å². The number of carboxylic acid groups (broad SMARTS) is 1. The summed E-state index contributed by atoms with van der Waals surface area (Å²) < 4.78 is 0. The number of carboxylic acids is 1. The van der Waals surface area contributed by atoms with Crippen molar-refractivity contribution >= 4 is 52.4 Å². The van der Waals surface area contributed by atoms with E-state index in [1.165, 1.54) is 18.5 Å². The average Bonchev–Trinajstić information content (AvgIpc) is 2.45. The van der Waals surface area contributed by atoms with Crippen molar-refractivity contribution in [2.45, 2.75) is 6.61 Å². The Bertz CT molecular complexity index is 652. The molecule has 21 heavy (non-hydrogen) atoms. The van der Waals surface area contributed by atoms with E-state index in [0.717, 1.165) is 0 Å². The molecule has 0 saturated heterocycles. The lowest BCUT2D eigenvalue weighted by Gasteiger charge is -1.98. The molecule has 112 valence electrons. The average molecular weight is 370 g/mol. The molecule has 0 aliphatic rings. The monoisotopic (exact) mass is 368 g/mol. The highest BCUT2D eigenvalue weighted by atomic mass is 35.5. The van der Waals surface area contributed by atoms with Crippen molar-refractivity contribution < 1.29 is 15.0 Å². The molecule has 0 aliphatic carbocycles. The molecule has 2 N–H and O–H groups in total. The molecular weight excluding hydrogens is 362 g/mol. The molecule has 5 nitrogen and oxygen atoms in total. The first kappa shape index (κ1) is 17.9. The number of carbonyl (C=O) groups is 1. The van der Waals surface area contributed by atoms with Gasteiger partial charge in [-0.25, -0.2) is 14.8 Å². The second-order valence-corrected chi connectivity index (χ2v) is 4.97. The number of aromatic carboxylic acids is 1. The van der Waals surface area contributed by atoms with Crippen LogP contribution < -0.4 is 0 Å². The van der Waals surface area contributed by atoms with Crippen molar-refractivity contribution in [1.29, 1.82) is 0 Å². The summed E-state index contributed by atoms with van der Waals surface area (Å²) in [7, 11) is 0. The van der Waals surface area contributed by atoms with Gasteiger partial charge in [-0.15, -0.1) is 0 Å².